The third kappa shape index (κ3) is 2.77. The molecule has 0 spiro atoms. The normalized spacial score (nSPS) is 36.8. The standard InChI is InChI=1S/C15H28/c1-3-4-5-6-12(2)14-9-7-13-8-10-15(13)11-14/h12-15H,3-11H2,1-2H3. The van der Waals surface area contributed by atoms with Gasteiger partial charge in [-0.3, -0.25) is 0 Å². The molecule has 2 aliphatic rings. The zero-order valence-corrected chi connectivity index (χ0v) is 10.7. The highest BCUT2D eigenvalue weighted by atomic mass is 14.4. The zero-order chi connectivity index (χ0) is 10.7. The van der Waals surface area contributed by atoms with Gasteiger partial charge in [0.1, 0.15) is 0 Å². The fourth-order valence-electron chi connectivity index (χ4n) is 3.73. The van der Waals surface area contributed by atoms with Crippen LogP contribution in [-0.2, 0) is 0 Å². The first kappa shape index (κ1) is 11.5. The van der Waals surface area contributed by atoms with Gasteiger partial charge in [-0.25, -0.2) is 0 Å². The molecule has 4 unspecified atom stereocenters. The molecule has 2 aliphatic carbocycles. The van der Waals surface area contributed by atoms with Gasteiger partial charge >= 0.3 is 0 Å². The average Bonchev–Trinajstić information content (AvgIpc) is 2.20. The maximum absolute atomic E-state index is 2.51. The minimum atomic E-state index is 1.01. The average molecular weight is 208 g/mol. The van der Waals surface area contributed by atoms with Gasteiger partial charge in [-0.05, 0) is 55.8 Å². The molecular formula is C15H28. The van der Waals surface area contributed by atoms with Gasteiger partial charge in [0, 0.05) is 0 Å². The molecule has 15 heavy (non-hydrogen) atoms. The molecule has 0 saturated heterocycles. The number of fused-ring (bicyclic) bond motifs is 1. The summed E-state index contributed by atoms with van der Waals surface area (Å²) >= 11 is 0. The highest BCUT2D eigenvalue weighted by Gasteiger charge is 2.37. The van der Waals surface area contributed by atoms with Gasteiger partial charge in [0.25, 0.3) is 0 Å². The minimum Gasteiger partial charge on any atom is -0.0654 e. The van der Waals surface area contributed by atoms with Crippen LogP contribution in [0.2, 0.25) is 0 Å². The Kier molecular flexibility index (Phi) is 4.11. The summed E-state index contributed by atoms with van der Waals surface area (Å²) in [5.41, 5.74) is 0. The second-order valence-corrected chi connectivity index (χ2v) is 6.14. The predicted octanol–water partition coefficient (Wildman–Crippen LogP) is 5.03. The second-order valence-electron chi connectivity index (χ2n) is 6.14. The van der Waals surface area contributed by atoms with E-state index in [-0.39, 0.29) is 0 Å². The maximum Gasteiger partial charge on any atom is -0.0383 e. The van der Waals surface area contributed by atoms with Gasteiger partial charge in [-0.15, -0.1) is 0 Å². The molecule has 0 heteroatoms. The molecule has 2 rings (SSSR count). The van der Waals surface area contributed by atoms with Crippen molar-refractivity contribution >= 4 is 0 Å². The van der Waals surface area contributed by atoms with E-state index in [1.165, 1.54) is 25.7 Å². The third-order valence-electron chi connectivity index (χ3n) is 5.16. The first-order valence-corrected chi connectivity index (χ1v) is 7.31. The molecule has 88 valence electrons. The number of hydrogen-bond acceptors (Lipinski definition) is 0. The highest BCUT2D eigenvalue weighted by Crippen LogP contribution is 2.49. The van der Waals surface area contributed by atoms with Crippen molar-refractivity contribution in [2.75, 3.05) is 0 Å². The summed E-state index contributed by atoms with van der Waals surface area (Å²) in [7, 11) is 0. The van der Waals surface area contributed by atoms with Gasteiger partial charge in [-0.1, -0.05) is 39.5 Å². The van der Waals surface area contributed by atoms with Crippen molar-refractivity contribution < 1.29 is 0 Å². The van der Waals surface area contributed by atoms with E-state index in [4.69, 9.17) is 0 Å². The Labute approximate surface area is 95.8 Å². The Morgan fingerprint density at radius 3 is 2.33 bits per heavy atom. The highest BCUT2D eigenvalue weighted by molar-refractivity contribution is 4.88. The van der Waals surface area contributed by atoms with Gasteiger partial charge in [0.2, 0.25) is 0 Å². The van der Waals surface area contributed by atoms with E-state index in [1.54, 1.807) is 32.1 Å². The van der Waals surface area contributed by atoms with E-state index in [0.717, 1.165) is 23.7 Å². The maximum atomic E-state index is 2.51. The monoisotopic (exact) mass is 208 g/mol. The topological polar surface area (TPSA) is 0 Å². The van der Waals surface area contributed by atoms with Gasteiger partial charge < -0.3 is 0 Å². The lowest BCUT2D eigenvalue weighted by Crippen LogP contribution is -2.34. The Morgan fingerprint density at radius 2 is 1.73 bits per heavy atom. The summed E-state index contributed by atoms with van der Waals surface area (Å²) in [4.78, 5) is 0. The Balaban J connectivity index is 1.68. The van der Waals surface area contributed by atoms with Crippen LogP contribution in [0.1, 0.15) is 71.6 Å². The largest absolute Gasteiger partial charge is 0.0654 e. The van der Waals surface area contributed by atoms with Crippen molar-refractivity contribution in [3.8, 4) is 0 Å². The summed E-state index contributed by atoms with van der Waals surface area (Å²) in [5, 5.41) is 0. The molecule has 0 aromatic rings. The summed E-state index contributed by atoms with van der Waals surface area (Å²) in [6.45, 7) is 4.82. The summed E-state index contributed by atoms with van der Waals surface area (Å²) in [6.07, 6.45) is 13.6. The van der Waals surface area contributed by atoms with Crippen molar-refractivity contribution in [2.24, 2.45) is 23.7 Å². The molecule has 2 fully saturated rings. The lowest BCUT2D eigenvalue weighted by molar-refractivity contribution is 0.0575. The van der Waals surface area contributed by atoms with E-state index < -0.39 is 0 Å². The van der Waals surface area contributed by atoms with Crippen molar-refractivity contribution in [3.63, 3.8) is 0 Å². The molecule has 0 amide bonds. The molecule has 0 heterocycles. The summed E-state index contributed by atoms with van der Waals surface area (Å²) < 4.78 is 0. The van der Waals surface area contributed by atoms with Gasteiger partial charge in [0.15, 0.2) is 0 Å². The van der Waals surface area contributed by atoms with E-state index >= 15 is 0 Å². The fraction of sp³-hybridized carbons (Fsp3) is 1.00. The second kappa shape index (κ2) is 5.37. The quantitative estimate of drug-likeness (QED) is 0.556. The smallest absolute Gasteiger partial charge is 0.0383 e. The Bertz CT molecular complexity index is 184. The first-order valence-electron chi connectivity index (χ1n) is 7.31. The predicted molar refractivity (Wildman–Crippen MR) is 66.9 cm³/mol. The van der Waals surface area contributed by atoms with Crippen LogP contribution < -0.4 is 0 Å². The molecule has 2 saturated carbocycles. The van der Waals surface area contributed by atoms with Crippen LogP contribution in [0.25, 0.3) is 0 Å². The van der Waals surface area contributed by atoms with Crippen LogP contribution in [-0.4, -0.2) is 0 Å². The van der Waals surface area contributed by atoms with Crippen LogP contribution in [0, 0.1) is 23.7 Å². The van der Waals surface area contributed by atoms with Crippen LogP contribution in [0.4, 0.5) is 0 Å². The number of unbranched alkanes of at least 4 members (excludes halogenated alkanes) is 2. The van der Waals surface area contributed by atoms with Gasteiger partial charge in [-0.2, -0.15) is 0 Å². The lowest BCUT2D eigenvalue weighted by Gasteiger charge is -2.45. The summed E-state index contributed by atoms with van der Waals surface area (Å²) in [6, 6.07) is 0. The SMILES string of the molecule is CCCCCC(C)C1CCC2CCC2C1. The van der Waals surface area contributed by atoms with Crippen LogP contribution in [0.15, 0.2) is 0 Å². The molecule has 0 aliphatic heterocycles. The fourth-order valence-corrected chi connectivity index (χ4v) is 3.73. The lowest BCUT2D eigenvalue weighted by atomic mass is 9.60. The van der Waals surface area contributed by atoms with Gasteiger partial charge in [0.05, 0.1) is 0 Å². The van der Waals surface area contributed by atoms with E-state index in [9.17, 15) is 0 Å². The molecule has 0 N–H and O–H groups in total. The van der Waals surface area contributed by atoms with Crippen molar-refractivity contribution in [1.29, 1.82) is 0 Å². The molecule has 0 radical (unpaired) electrons. The van der Waals surface area contributed by atoms with Crippen LogP contribution >= 0.6 is 0 Å². The molecular weight excluding hydrogens is 180 g/mol. The Hall–Kier alpha value is 0. The van der Waals surface area contributed by atoms with Crippen LogP contribution in [0.3, 0.4) is 0 Å². The van der Waals surface area contributed by atoms with Crippen molar-refractivity contribution in [2.45, 2.75) is 71.6 Å². The van der Waals surface area contributed by atoms with E-state index in [2.05, 4.69) is 13.8 Å². The number of rotatable bonds is 5. The van der Waals surface area contributed by atoms with Crippen LogP contribution in [0.5, 0.6) is 0 Å². The Morgan fingerprint density at radius 1 is 1.00 bits per heavy atom. The van der Waals surface area contributed by atoms with Crippen molar-refractivity contribution in [3.05, 3.63) is 0 Å². The van der Waals surface area contributed by atoms with E-state index in [1.807, 2.05) is 0 Å². The van der Waals surface area contributed by atoms with E-state index in [0.29, 0.717) is 0 Å². The number of hydrogen-bond donors (Lipinski definition) is 0. The minimum absolute atomic E-state index is 1.01. The summed E-state index contributed by atoms with van der Waals surface area (Å²) in [5.74, 6) is 4.41. The molecule has 0 bridgehead atoms. The first-order chi connectivity index (χ1) is 7.31. The zero-order valence-electron chi connectivity index (χ0n) is 10.7. The molecule has 4 atom stereocenters. The molecule has 0 aromatic heterocycles. The third-order valence-corrected chi connectivity index (χ3v) is 5.16. The molecule has 0 aromatic carbocycles. The molecule has 0 nitrogen and oxygen atoms in total. The van der Waals surface area contributed by atoms with Crippen molar-refractivity contribution in [1.82, 2.24) is 0 Å².